The highest BCUT2D eigenvalue weighted by Crippen LogP contribution is 2.28. The minimum absolute atomic E-state index is 0.0543. The van der Waals surface area contributed by atoms with Gasteiger partial charge in [-0.25, -0.2) is 0 Å². The molecule has 1 saturated heterocycles. The van der Waals surface area contributed by atoms with E-state index in [-0.39, 0.29) is 17.9 Å². The number of nitrogens with zero attached hydrogens (tertiary/aromatic N) is 1. The molecule has 1 heterocycles. The van der Waals surface area contributed by atoms with Gasteiger partial charge in [0.25, 0.3) is 11.8 Å². The number of carbonyl (C=O) groups is 2. The normalized spacial score (nSPS) is 15.8. The van der Waals surface area contributed by atoms with Crippen molar-refractivity contribution in [2.24, 2.45) is 0 Å². The quantitative estimate of drug-likeness (QED) is 0.788. The van der Waals surface area contributed by atoms with Crippen molar-refractivity contribution in [2.75, 3.05) is 13.1 Å². The number of ether oxygens (including phenoxy) is 1. The average Bonchev–Trinajstić information content (AvgIpc) is 2.70. The molecule has 3 rings (SSSR count). The Labute approximate surface area is 174 Å². The van der Waals surface area contributed by atoms with E-state index >= 15 is 0 Å². The monoisotopic (exact) mass is 420 g/mol. The van der Waals surface area contributed by atoms with Crippen LogP contribution in [-0.2, 0) is 4.79 Å². The van der Waals surface area contributed by atoms with E-state index in [0.29, 0.717) is 47.3 Å². The Morgan fingerprint density at radius 1 is 1.11 bits per heavy atom. The van der Waals surface area contributed by atoms with E-state index in [9.17, 15) is 9.59 Å². The summed E-state index contributed by atoms with van der Waals surface area (Å²) in [6.45, 7) is 2.85. The molecule has 148 valence electrons. The van der Waals surface area contributed by atoms with Gasteiger partial charge in [0.05, 0.1) is 5.02 Å². The Balaban J connectivity index is 1.49. The summed E-state index contributed by atoms with van der Waals surface area (Å²) in [6.07, 6.45) is 0.756. The lowest BCUT2D eigenvalue weighted by atomic mass is 10.0. The predicted molar refractivity (Wildman–Crippen MR) is 110 cm³/mol. The molecular formula is C21H22Cl2N2O3. The van der Waals surface area contributed by atoms with Gasteiger partial charge in [0.2, 0.25) is 0 Å². The molecule has 0 spiro atoms. The fraction of sp³-hybridized carbons (Fsp3) is 0.333. The second-order valence-electron chi connectivity index (χ2n) is 6.77. The summed E-state index contributed by atoms with van der Waals surface area (Å²) < 4.78 is 5.71. The van der Waals surface area contributed by atoms with E-state index in [1.165, 1.54) is 0 Å². The third kappa shape index (κ3) is 5.18. The van der Waals surface area contributed by atoms with Crippen LogP contribution >= 0.6 is 23.2 Å². The van der Waals surface area contributed by atoms with E-state index in [2.05, 4.69) is 5.32 Å². The molecule has 2 aromatic carbocycles. The molecule has 1 fully saturated rings. The molecule has 0 aromatic heterocycles. The van der Waals surface area contributed by atoms with Gasteiger partial charge in [0, 0.05) is 29.7 Å². The maximum atomic E-state index is 12.7. The molecule has 1 aliphatic rings. The van der Waals surface area contributed by atoms with Gasteiger partial charge in [-0.1, -0.05) is 41.4 Å². The van der Waals surface area contributed by atoms with Crippen LogP contribution in [0.3, 0.4) is 0 Å². The van der Waals surface area contributed by atoms with Gasteiger partial charge in [0.1, 0.15) is 5.75 Å². The number of hydrogen-bond donors (Lipinski definition) is 1. The van der Waals surface area contributed by atoms with Gasteiger partial charge in [-0.2, -0.15) is 0 Å². The lowest BCUT2D eigenvalue weighted by molar-refractivity contribution is -0.139. The second-order valence-corrected chi connectivity index (χ2v) is 7.62. The number of carbonyl (C=O) groups excluding carboxylic acids is 2. The third-order valence-electron chi connectivity index (χ3n) is 4.72. The highest BCUT2D eigenvalue weighted by Gasteiger charge is 2.28. The van der Waals surface area contributed by atoms with Gasteiger partial charge in [-0.05, 0) is 50.1 Å². The van der Waals surface area contributed by atoms with E-state index < -0.39 is 6.10 Å². The fourth-order valence-corrected chi connectivity index (χ4v) is 3.62. The third-order valence-corrected chi connectivity index (χ3v) is 5.25. The van der Waals surface area contributed by atoms with Crippen LogP contribution in [0.25, 0.3) is 0 Å². The second kappa shape index (κ2) is 9.30. The van der Waals surface area contributed by atoms with Gasteiger partial charge in [0.15, 0.2) is 6.10 Å². The molecule has 2 aromatic rings. The SMILES string of the molecule is CC(Oc1ccc(Cl)cc1Cl)C(=O)N1CCC(NC(=O)c2ccccc2)CC1. The smallest absolute Gasteiger partial charge is 0.263 e. The summed E-state index contributed by atoms with van der Waals surface area (Å²) in [5.41, 5.74) is 0.642. The highest BCUT2D eigenvalue weighted by molar-refractivity contribution is 6.35. The Morgan fingerprint density at radius 2 is 1.79 bits per heavy atom. The number of amides is 2. The van der Waals surface area contributed by atoms with Crippen molar-refractivity contribution in [2.45, 2.75) is 31.9 Å². The zero-order valence-electron chi connectivity index (χ0n) is 15.5. The van der Waals surface area contributed by atoms with Crippen LogP contribution in [0.5, 0.6) is 5.75 Å². The number of hydrogen-bond acceptors (Lipinski definition) is 3. The minimum Gasteiger partial charge on any atom is -0.479 e. The molecule has 0 saturated carbocycles. The lowest BCUT2D eigenvalue weighted by Gasteiger charge is -2.34. The molecule has 7 heteroatoms. The summed E-state index contributed by atoms with van der Waals surface area (Å²) in [4.78, 5) is 26.7. The number of halogens is 2. The fourth-order valence-electron chi connectivity index (χ4n) is 3.17. The summed E-state index contributed by atoms with van der Waals surface area (Å²) in [5.74, 6) is 0.246. The van der Waals surface area contributed by atoms with Crippen LogP contribution in [0.15, 0.2) is 48.5 Å². The topological polar surface area (TPSA) is 58.6 Å². The van der Waals surface area contributed by atoms with Crippen molar-refractivity contribution >= 4 is 35.0 Å². The molecule has 0 aliphatic carbocycles. The van der Waals surface area contributed by atoms with Crippen molar-refractivity contribution in [1.82, 2.24) is 10.2 Å². The van der Waals surface area contributed by atoms with Crippen molar-refractivity contribution in [3.05, 3.63) is 64.1 Å². The Kier molecular flexibility index (Phi) is 6.81. The van der Waals surface area contributed by atoms with Crippen LogP contribution in [0.4, 0.5) is 0 Å². The summed E-state index contributed by atoms with van der Waals surface area (Å²) in [7, 11) is 0. The average molecular weight is 421 g/mol. The molecule has 1 N–H and O–H groups in total. The van der Waals surface area contributed by atoms with Crippen molar-refractivity contribution in [1.29, 1.82) is 0 Å². The number of piperidine rings is 1. The number of nitrogens with one attached hydrogen (secondary N) is 1. The van der Waals surface area contributed by atoms with E-state index in [1.54, 1.807) is 42.2 Å². The largest absolute Gasteiger partial charge is 0.479 e. The number of benzene rings is 2. The highest BCUT2D eigenvalue weighted by atomic mass is 35.5. The van der Waals surface area contributed by atoms with Gasteiger partial charge in [-0.3, -0.25) is 9.59 Å². The first-order valence-corrected chi connectivity index (χ1v) is 9.96. The Morgan fingerprint density at radius 3 is 2.43 bits per heavy atom. The van der Waals surface area contributed by atoms with Crippen LogP contribution in [0, 0.1) is 0 Å². The zero-order valence-corrected chi connectivity index (χ0v) is 17.0. The first-order valence-electron chi connectivity index (χ1n) is 9.20. The van der Waals surface area contributed by atoms with E-state index in [4.69, 9.17) is 27.9 Å². The first-order chi connectivity index (χ1) is 13.4. The van der Waals surface area contributed by atoms with Crippen LogP contribution in [0.1, 0.15) is 30.1 Å². The predicted octanol–water partition coefficient (Wildman–Crippen LogP) is 4.18. The summed E-state index contributed by atoms with van der Waals surface area (Å²) >= 11 is 12.0. The van der Waals surface area contributed by atoms with Gasteiger partial charge >= 0.3 is 0 Å². The standard InChI is InChI=1S/C21H22Cl2N2O3/c1-14(28-19-8-7-16(22)13-18(19)23)21(27)25-11-9-17(10-12-25)24-20(26)15-5-3-2-4-6-15/h2-8,13-14,17H,9-12H2,1H3,(H,24,26). The van der Waals surface area contributed by atoms with Crippen molar-refractivity contribution < 1.29 is 14.3 Å². The number of rotatable bonds is 5. The summed E-state index contributed by atoms with van der Waals surface area (Å²) in [5, 5.41) is 3.92. The molecule has 1 atom stereocenters. The molecule has 1 aliphatic heterocycles. The molecule has 1 unspecified atom stereocenters. The number of likely N-dealkylation sites (tertiary alicyclic amines) is 1. The minimum atomic E-state index is -0.658. The first kappa shape index (κ1) is 20.5. The zero-order chi connectivity index (χ0) is 20.1. The lowest BCUT2D eigenvalue weighted by Crippen LogP contribution is -2.49. The van der Waals surface area contributed by atoms with Crippen LogP contribution in [-0.4, -0.2) is 41.9 Å². The van der Waals surface area contributed by atoms with E-state index in [1.807, 2.05) is 18.2 Å². The van der Waals surface area contributed by atoms with Gasteiger partial charge in [-0.15, -0.1) is 0 Å². The molecule has 28 heavy (non-hydrogen) atoms. The van der Waals surface area contributed by atoms with Crippen molar-refractivity contribution in [3.63, 3.8) is 0 Å². The Bertz CT molecular complexity index is 837. The maximum Gasteiger partial charge on any atom is 0.263 e. The van der Waals surface area contributed by atoms with Crippen LogP contribution < -0.4 is 10.1 Å². The van der Waals surface area contributed by atoms with Gasteiger partial charge < -0.3 is 15.0 Å². The molecule has 0 radical (unpaired) electrons. The Hall–Kier alpha value is -2.24. The molecule has 2 amide bonds. The van der Waals surface area contributed by atoms with Crippen molar-refractivity contribution in [3.8, 4) is 5.75 Å². The summed E-state index contributed by atoms with van der Waals surface area (Å²) in [6, 6.07) is 14.1. The molecule has 5 nitrogen and oxygen atoms in total. The van der Waals surface area contributed by atoms with Crippen LogP contribution in [0.2, 0.25) is 10.0 Å². The molecule has 0 bridgehead atoms. The molecular weight excluding hydrogens is 399 g/mol. The van der Waals surface area contributed by atoms with E-state index in [0.717, 1.165) is 0 Å². The maximum absolute atomic E-state index is 12.7.